The predicted molar refractivity (Wildman–Crippen MR) is 101 cm³/mol. The zero-order valence-corrected chi connectivity index (χ0v) is 16.3. The molecule has 1 saturated heterocycles. The minimum absolute atomic E-state index is 0.139. The molecule has 0 radical (unpaired) electrons. The third-order valence-electron chi connectivity index (χ3n) is 4.44. The van der Waals surface area contributed by atoms with Crippen molar-refractivity contribution in [2.24, 2.45) is 5.92 Å². The zero-order valence-electron chi connectivity index (χ0n) is 15.5. The average Bonchev–Trinajstić information content (AvgIpc) is 2.64. The number of amides is 1. The summed E-state index contributed by atoms with van der Waals surface area (Å²) in [6, 6.07) is 7.48. The first-order chi connectivity index (χ1) is 12.0. The van der Waals surface area contributed by atoms with Gasteiger partial charge in [-0.25, -0.2) is 0 Å². The first-order valence-corrected chi connectivity index (χ1v) is 10.4. The molecule has 2 rings (SSSR count). The summed E-state index contributed by atoms with van der Waals surface area (Å²) < 4.78 is 17.6. The molecule has 1 fully saturated rings. The summed E-state index contributed by atoms with van der Waals surface area (Å²) in [5.41, 5.74) is 0.521. The van der Waals surface area contributed by atoms with Gasteiger partial charge in [0.05, 0.1) is 34.5 Å². The smallest absolute Gasteiger partial charge is 0.252 e. The van der Waals surface area contributed by atoms with Gasteiger partial charge in [0.1, 0.15) is 0 Å². The predicted octanol–water partition coefficient (Wildman–Crippen LogP) is 2.29. The minimum atomic E-state index is -1.14. The van der Waals surface area contributed by atoms with Crippen LogP contribution in [0.25, 0.3) is 0 Å². The van der Waals surface area contributed by atoms with E-state index < -0.39 is 10.8 Å². The molecule has 0 bridgehead atoms. The first kappa shape index (κ1) is 20.1. The molecule has 1 N–H and O–H groups in total. The third-order valence-corrected chi connectivity index (χ3v) is 5.81. The van der Waals surface area contributed by atoms with E-state index in [-0.39, 0.29) is 5.91 Å². The molecule has 1 aliphatic heterocycles. The fraction of sp³-hybridized carbons (Fsp3) is 0.632. The zero-order chi connectivity index (χ0) is 18.2. The Morgan fingerprint density at radius 3 is 2.60 bits per heavy atom. The monoisotopic (exact) mass is 366 g/mol. The van der Waals surface area contributed by atoms with Crippen molar-refractivity contribution < 1.29 is 13.7 Å². The summed E-state index contributed by atoms with van der Waals surface area (Å²) in [6.07, 6.45) is 1.03. The molecule has 0 spiro atoms. The Kier molecular flexibility index (Phi) is 8.06. The van der Waals surface area contributed by atoms with Gasteiger partial charge in [0.15, 0.2) is 0 Å². The molecule has 2 atom stereocenters. The van der Waals surface area contributed by atoms with Gasteiger partial charge in [0, 0.05) is 31.4 Å². The molecule has 6 heteroatoms. The van der Waals surface area contributed by atoms with Crippen molar-refractivity contribution in [2.45, 2.75) is 38.1 Å². The Morgan fingerprint density at radius 2 is 1.96 bits per heavy atom. The first-order valence-electron chi connectivity index (χ1n) is 9.10. The van der Waals surface area contributed by atoms with Crippen LogP contribution in [0.15, 0.2) is 29.2 Å². The van der Waals surface area contributed by atoms with Crippen molar-refractivity contribution >= 4 is 16.7 Å². The van der Waals surface area contributed by atoms with Crippen LogP contribution in [0.5, 0.6) is 0 Å². The quantitative estimate of drug-likeness (QED) is 0.767. The van der Waals surface area contributed by atoms with Crippen molar-refractivity contribution in [1.82, 2.24) is 10.2 Å². The highest BCUT2D eigenvalue weighted by molar-refractivity contribution is 7.85. The van der Waals surface area contributed by atoms with Crippen LogP contribution in [0.1, 0.15) is 37.6 Å². The fourth-order valence-corrected chi connectivity index (χ4v) is 4.11. The summed E-state index contributed by atoms with van der Waals surface area (Å²) >= 11 is 0. The number of nitrogens with zero attached hydrogens (tertiary/aromatic N) is 1. The highest BCUT2D eigenvalue weighted by atomic mass is 32.2. The maximum absolute atomic E-state index is 12.7. The van der Waals surface area contributed by atoms with Crippen LogP contribution in [-0.4, -0.2) is 59.7 Å². The van der Waals surface area contributed by atoms with Crippen molar-refractivity contribution in [3.05, 3.63) is 29.8 Å². The molecule has 0 aromatic heterocycles. The third kappa shape index (κ3) is 5.90. The van der Waals surface area contributed by atoms with Crippen molar-refractivity contribution in [3.63, 3.8) is 0 Å². The number of carbonyl (C=O) groups is 1. The fourth-order valence-electron chi connectivity index (χ4n) is 3.16. The van der Waals surface area contributed by atoms with Crippen LogP contribution in [0.2, 0.25) is 0 Å². The Bertz CT molecular complexity index is 586. The van der Waals surface area contributed by atoms with E-state index in [0.717, 1.165) is 32.7 Å². The SMILES string of the molecule is CC[S@](=O)c1ccccc1C(=O)NC[C@H](CC(C)C)N1CCOCC1. The van der Waals surface area contributed by atoms with E-state index >= 15 is 0 Å². The topological polar surface area (TPSA) is 58.6 Å². The van der Waals surface area contributed by atoms with Gasteiger partial charge >= 0.3 is 0 Å². The molecule has 0 saturated carbocycles. The normalized spacial score (nSPS) is 18.1. The van der Waals surface area contributed by atoms with E-state index in [1.54, 1.807) is 12.1 Å². The second-order valence-electron chi connectivity index (χ2n) is 6.77. The summed E-state index contributed by atoms with van der Waals surface area (Å²) in [6.45, 7) is 10.2. The van der Waals surface area contributed by atoms with Crippen LogP contribution < -0.4 is 5.32 Å². The van der Waals surface area contributed by atoms with Gasteiger partial charge in [0.2, 0.25) is 0 Å². The van der Waals surface area contributed by atoms with Gasteiger partial charge in [-0.05, 0) is 24.5 Å². The molecule has 140 valence electrons. The molecule has 1 aliphatic rings. The highest BCUT2D eigenvalue weighted by Gasteiger charge is 2.23. The van der Waals surface area contributed by atoms with Gasteiger partial charge < -0.3 is 10.1 Å². The maximum Gasteiger partial charge on any atom is 0.252 e. The largest absolute Gasteiger partial charge is 0.379 e. The molecule has 1 amide bonds. The van der Waals surface area contributed by atoms with E-state index in [2.05, 4.69) is 24.1 Å². The molecule has 1 aromatic carbocycles. The van der Waals surface area contributed by atoms with E-state index in [9.17, 15) is 9.00 Å². The summed E-state index contributed by atoms with van der Waals surface area (Å²) in [4.78, 5) is 15.7. The van der Waals surface area contributed by atoms with Crippen molar-refractivity contribution in [1.29, 1.82) is 0 Å². The van der Waals surface area contributed by atoms with E-state index in [1.165, 1.54) is 0 Å². The Morgan fingerprint density at radius 1 is 1.28 bits per heavy atom. The summed E-state index contributed by atoms with van der Waals surface area (Å²) in [5, 5.41) is 3.07. The van der Waals surface area contributed by atoms with Crippen LogP contribution in [0.3, 0.4) is 0 Å². The lowest BCUT2D eigenvalue weighted by Crippen LogP contribution is -2.49. The molecular weight excluding hydrogens is 336 g/mol. The Balaban J connectivity index is 2.04. The molecule has 25 heavy (non-hydrogen) atoms. The molecule has 5 nitrogen and oxygen atoms in total. The number of hydrogen-bond donors (Lipinski definition) is 1. The van der Waals surface area contributed by atoms with Crippen molar-refractivity contribution in [3.8, 4) is 0 Å². The number of rotatable bonds is 8. The number of morpholine rings is 1. The number of carbonyl (C=O) groups excluding carboxylic acids is 1. The van der Waals surface area contributed by atoms with Crippen LogP contribution in [0, 0.1) is 5.92 Å². The molecule has 1 aromatic rings. The van der Waals surface area contributed by atoms with Crippen molar-refractivity contribution in [2.75, 3.05) is 38.6 Å². The number of ether oxygens (including phenoxy) is 1. The summed E-state index contributed by atoms with van der Waals surface area (Å²) in [7, 11) is -1.14. The van der Waals surface area contributed by atoms with Gasteiger partial charge in [-0.15, -0.1) is 0 Å². The standard InChI is InChI=1S/C19H30N2O3S/c1-4-25(23)18-8-6-5-7-17(18)19(22)20-14-16(13-15(2)3)21-9-11-24-12-10-21/h5-8,15-16H,4,9-14H2,1-3H3,(H,20,22)/t16-,25-/m0/s1. The molecule has 0 unspecified atom stereocenters. The lowest BCUT2D eigenvalue weighted by atomic mass is 10.0. The summed E-state index contributed by atoms with van der Waals surface area (Å²) in [5.74, 6) is 0.928. The number of hydrogen-bond acceptors (Lipinski definition) is 4. The molecule has 0 aliphatic carbocycles. The van der Waals surface area contributed by atoms with E-state index in [0.29, 0.717) is 34.7 Å². The highest BCUT2D eigenvalue weighted by Crippen LogP contribution is 2.16. The van der Waals surface area contributed by atoms with E-state index in [4.69, 9.17) is 4.74 Å². The Labute approximate surface area is 153 Å². The Hall–Kier alpha value is -1.24. The van der Waals surface area contributed by atoms with Gasteiger partial charge in [0.25, 0.3) is 5.91 Å². The van der Waals surface area contributed by atoms with Crippen LogP contribution in [-0.2, 0) is 15.5 Å². The van der Waals surface area contributed by atoms with Gasteiger partial charge in [-0.1, -0.05) is 32.9 Å². The average molecular weight is 367 g/mol. The second kappa shape index (κ2) is 10.0. The maximum atomic E-state index is 12.7. The minimum Gasteiger partial charge on any atom is -0.379 e. The lowest BCUT2D eigenvalue weighted by molar-refractivity contribution is 0.0124. The van der Waals surface area contributed by atoms with E-state index in [1.807, 2.05) is 19.1 Å². The van der Waals surface area contributed by atoms with Gasteiger partial charge in [-0.2, -0.15) is 0 Å². The van der Waals surface area contributed by atoms with Gasteiger partial charge in [-0.3, -0.25) is 13.9 Å². The molecular formula is C19H30N2O3S. The van der Waals surface area contributed by atoms with Crippen LogP contribution in [0.4, 0.5) is 0 Å². The lowest BCUT2D eigenvalue weighted by Gasteiger charge is -2.35. The number of nitrogens with one attached hydrogen (secondary N) is 1. The second-order valence-corrected chi connectivity index (χ2v) is 8.48. The molecule has 1 heterocycles. The number of benzene rings is 1. The van der Waals surface area contributed by atoms with Crippen LogP contribution >= 0.6 is 0 Å².